The second-order valence-electron chi connectivity index (χ2n) is 7.92. The summed E-state index contributed by atoms with van der Waals surface area (Å²) in [5, 5.41) is 16.6. The Kier molecular flexibility index (Phi) is 5.65. The Hall–Kier alpha value is -3.39. The van der Waals surface area contributed by atoms with Crippen LogP contribution in [0.25, 0.3) is 0 Å². The van der Waals surface area contributed by atoms with Crippen molar-refractivity contribution in [1.82, 2.24) is 10.1 Å². The third-order valence-electron chi connectivity index (χ3n) is 5.91. The van der Waals surface area contributed by atoms with Crippen molar-refractivity contribution >= 4 is 11.6 Å². The SMILES string of the molecule is COC1CCCc2c(Cc3c(C)cc(NC(=O)c4noc(=O)[nH]4)cc3C)ccc(O)c21. The highest BCUT2D eigenvalue weighted by Gasteiger charge is 2.26. The molecule has 8 heteroatoms. The predicted molar refractivity (Wildman–Crippen MR) is 115 cm³/mol. The molecule has 4 rings (SSSR count). The molecule has 1 aliphatic carbocycles. The number of aromatic hydroxyl groups is 1. The number of H-pyrrole nitrogens is 1. The van der Waals surface area contributed by atoms with E-state index in [1.807, 2.05) is 32.0 Å². The van der Waals surface area contributed by atoms with Gasteiger partial charge in [-0.2, -0.15) is 0 Å². The van der Waals surface area contributed by atoms with Crippen LogP contribution in [0.3, 0.4) is 0 Å². The highest BCUT2D eigenvalue weighted by Crippen LogP contribution is 2.40. The fourth-order valence-corrected chi connectivity index (χ4v) is 4.41. The molecule has 0 fully saturated rings. The molecule has 0 saturated heterocycles. The van der Waals surface area contributed by atoms with Gasteiger partial charge in [0.15, 0.2) is 0 Å². The van der Waals surface area contributed by atoms with Gasteiger partial charge in [-0.15, -0.1) is 0 Å². The van der Waals surface area contributed by atoms with Crippen molar-refractivity contribution in [3.63, 3.8) is 0 Å². The number of hydrogen-bond donors (Lipinski definition) is 3. The van der Waals surface area contributed by atoms with Gasteiger partial charge in [0.25, 0.3) is 5.91 Å². The molecule has 0 bridgehead atoms. The first-order valence-electron chi connectivity index (χ1n) is 10.2. The minimum Gasteiger partial charge on any atom is -0.508 e. The maximum absolute atomic E-state index is 12.2. The number of nitrogens with one attached hydrogen (secondary N) is 2. The molecular formula is C23H25N3O5. The lowest BCUT2D eigenvalue weighted by Gasteiger charge is -2.27. The molecule has 8 nitrogen and oxygen atoms in total. The minimum atomic E-state index is -0.777. The van der Waals surface area contributed by atoms with Crippen molar-refractivity contribution < 1.29 is 19.2 Å². The van der Waals surface area contributed by atoms with Crippen molar-refractivity contribution in [3.05, 3.63) is 74.0 Å². The fourth-order valence-electron chi connectivity index (χ4n) is 4.41. The second-order valence-corrected chi connectivity index (χ2v) is 7.92. The molecule has 0 saturated carbocycles. The van der Waals surface area contributed by atoms with E-state index >= 15 is 0 Å². The summed E-state index contributed by atoms with van der Waals surface area (Å²) in [7, 11) is 1.68. The van der Waals surface area contributed by atoms with Gasteiger partial charge in [0, 0.05) is 18.4 Å². The summed E-state index contributed by atoms with van der Waals surface area (Å²) in [6.45, 7) is 4.00. The molecule has 1 atom stereocenters. The van der Waals surface area contributed by atoms with Crippen molar-refractivity contribution in [3.8, 4) is 5.75 Å². The number of aromatic amines is 1. The van der Waals surface area contributed by atoms with E-state index in [0.717, 1.165) is 42.4 Å². The van der Waals surface area contributed by atoms with Gasteiger partial charge in [-0.1, -0.05) is 6.07 Å². The lowest BCUT2D eigenvalue weighted by atomic mass is 9.83. The Bertz CT molecular complexity index is 1170. The number of carbonyl (C=O) groups is 1. The molecule has 1 heterocycles. The van der Waals surface area contributed by atoms with Gasteiger partial charge in [0.05, 0.1) is 6.10 Å². The fraction of sp³-hybridized carbons (Fsp3) is 0.348. The summed E-state index contributed by atoms with van der Waals surface area (Å²) in [5.74, 6) is -1.20. The smallest absolute Gasteiger partial charge is 0.439 e. The van der Waals surface area contributed by atoms with E-state index in [4.69, 9.17) is 4.74 Å². The zero-order valence-corrected chi connectivity index (χ0v) is 17.7. The van der Waals surface area contributed by atoms with Crippen molar-refractivity contribution in [2.45, 2.75) is 45.6 Å². The van der Waals surface area contributed by atoms with E-state index in [1.54, 1.807) is 13.2 Å². The number of fused-ring (bicyclic) bond motifs is 1. The molecule has 31 heavy (non-hydrogen) atoms. The Morgan fingerprint density at radius 3 is 2.71 bits per heavy atom. The van der Waals surface area contributed by atoms with Crippen LogP contribution in [0.1, 0.15) is 62.9 Å². The molecule has 3 aromatic rings. The number of aryl methyl sites for hydroxylation is 2. The van der Waals surface area contributed by atoms with Crippen LogP contribution >= 0.6 is 0 Å². The lowest BCUT2D eigenvalue weighted by molar-refractivity contribution is 0.0856. The molecular weight excluding hydrogens is 398 g/mol. The molecule has 3 N–H and O–H groups in total. The van der Waals surface area contributed by atoms with Gasteiger partial charge in [0.2, 0.25) is 5.82 Å². The van der Waals surface area contributed by atoms with Crippen LogP contribution in [0.4, 0.5) is 5.69 Å². The zero-order valence-electron chi connectivity index (χ0n) is 17.7. The number of phenolic OH excluding ortho intramolecular Hbond substituents is 1. The van der Waals surface area contributed by atoms with E-state index < -0.39 is 11.7 Å². The number of phenols is 1. The third kappa shape index (κ3) is 4.11. The molecule has 1 amide bonds. The second kappa shape index (κ2) is 8.39. The Morgan fingerprint density at radius 1 is 1.32 bits per heavy atom. The largest absolute Gasteiger partial charge is 0.508 e. The molecule has 1 unspecified atom stereocenters. The number of nitrogens with zero attached hydrogens (tertiary/aromatic N) is 1. The van der Waals surface area contributed by atoms with Crippen molar-refractivity contribution in [2.24, 2.45) is 0 Å². The topological polar surface area (TPSA) is 117 Å². The average Bonchev–Trinajstić information content (AvgIpc) is 3.18. The van der Waals surface area contributed by atoms with E-state index in [1.165, 1.54) is 16.7 Å². The summed E-state index contributed by atoms with van der Waals surface area (Å²) in [5.41, 5.74) is 7.10. The maximum atomic E-state index is 12.2. The highest BCUT2D eigenvalue weighted by molar-refractivity contribution is 6.01. The van der Waals surface area contributed by atoms with E-state index in [2.05, 4.69) is 20.0 Å². The third-order valence-corrected chi connectivity index (χ3v) is 5.91. The lowest BCUT2D eigenvalue weighted by Crippen LogP contribution is -2.16. The van der Waals surface area contributed by atoms with Crippen LogP contribution < -0.4 is 11.1 Å². The van der Waals surface area contributed by atoms with E-state index in [9.17, 15) is 14.7 Å². The predicted octanol–water partition coefficient (Wildman–Crippen LogP) is 3.55. The first-order valence-corrected chi connectivity index (χ1v) is 10.2. The number of aromatic nitrogens is 2. The average molecular weight is 423 g/mol. The van der Waals surface area contributed by atoms with Crippen molar-refractivity contribution in [2.75, 3.05) is 12.4 Å². The number of hydrogen-bond acceptors (Lipinski definition) is 6. The summed E-state index contributed by atoms with van der Waals surface area (Å²) >= 11 is 0. The van der Waals surface area contributed by atoms with Crippen molar-refractivity contribution in [1.29, 1.82) is 0 Å². The van der Waals surface area contributed by atoms with Gasteiger partial charge < -0.3 is 15.2 Å². The molecule has 0 spiro atoms. The highest BCUT2D eigenvalue weighted by atomic mass is 16.5. The van der Waals surface area contributed by atoms with Gasteiger partial charge in [-0.3, -0.25) is 14.3 Å². The normalized spacial score (nSPS) is 15.5. The van der Waals surface area contributed by atoms with Crippen LogP contribution in [0.5, 0.6) is 5.75 Å². The Labute approximate surface area is 179 Å². The van der Waals surface area contributed by atoms with Crippen LogP contribution in [0, 0.1) is 13.8 Å². The summed E-state index contributed by atoms with van der Waals surface area (Å²) < 4.78 is 9.98. The van der Waals surface area contributed by atoms with Gasteiger partial charge in [-0.05, 0) is 90.7 Å². The molecule has 0 aliphatic heterocycles. The van der Waals surface area contributed by atoms with Crippen LogP contribution in [0.15, 0.2) is 33.6 Å². The number of methoxy groups -OCH3 is 1. The first kappa shape index (κ1) is 20.9. The molecule has 1 aliphatic rings. The maximum Gasteiger partial charge on any atom is 0.439 e. The molecule has 1 aromatic heterocycles. The summed E-state index contributed by atoms with van der Waals surface area (Å²) in [6.07, 6.45) is 3.49. The molecule has 0 radical (unpaired) electrons. The quantitative estimate of drug-likeness (QED) is 0.578. The van der Waals surface area contributed by atoms with Gasteiger partial charge in [-0.25, -0.2) is 4.79 Å². The standard InChI is InChI=1S/C23H25N3O5/c1-12-9-15(24-22(28)21-25-23(29)31-26-21)10-13(2)17(12)11-14-7-8-18(27)20-16(14)5-4-6-19(20)30-3/h7-10,19,27H,4-6,11H2,1-3H3,(H,24,28)(H,25,26,29). The Balaban J connectivity index is 1.62. The minimum absolute atomic E-state index is 0.0774. The van der Waals surface area contributed by atoms with Crippen LogP contribution in [-0.2, 0) is 17.6 Å². The number of rotatable bonds is 5. The van der Waals surface area contributed by atoms with Gasteiger partial charge >= 0.3 is 5.76 Å². The first-order chi connectivity index (χ1) is 14.9. The number of amides is 1. The van der Waals surface area contributed by atoms with Crippen LogP contribution in [0.2, 0.25) is 0 Å². The molecule has 2 aromatic carbocycles. The van der Waals surface area contributed by atoms with E-state index in [0.29, 0.717) is 11.4 Å². The molecule has 162 valence electrons. The van der Waals surface area contributed by atoms with Crippen LogP contribution in [-0.4, -0.2) is 28.3 Å². The zero-order chi connectivity index (χ0) is 22.1. The van der Waals surface area contributed by atoms with E-state index in [-0.39, 0.29) is 11.9 Å². The number of anilines is 1. The van der Waals surface area contributed by atoms with Gasteiger partial charge in [0.1, 0.15) is 5.75 Å². The number of benzene rings is 2. The summed E-state index contributed by atoms with van der Waals surface area (Å²) in [4.78, 5) is 25.5. The monoisotopic (exact) mass is 423 g/mol. The number of carbonyl (C=O) groups excluding carboxylic acids is 1. The number of ether oxygens (including phenoxy) is 1. The Morgan fingerprint density at radius 2 is 2.06 bits per heavy atom. The summed E-state index contributed by atoms with van der Waals surface area (Å²) in [6, 6.07) is 7.53.